The topological polar surface area (TPSA) is 18.5 Å². The number of hydrogen-bond acceptors (Lipinski definition) is 2. The largest absolute Gasteiger partial charge is 0.423 e. The lowest BCUT2D eigenvalue weighted by atomic mass is 10.0. The van der Waals surface area contributed by atoms with E-state index >= 15 is 0 Å². The van der Waals surface area contributed by atoms with Crippen molar-refractivity contribution in [3.05, 3.63) is 54.6 Å². The van der Waals surface area contributed by atoms with Crippen LogP contribution < -0.4 is 5.19 Å². The summed E-state index contributed by atoms with van der Waals surface area (Å²) >= 11 is 0. The van der Waals surface area contributed by atoms with Gasteiger partial charge < -0.3 is 8.85 Å². The third-order valence-electron chi connectivity index (χ3n) is 3.36. The maximum Gasteiger partial charge on any atom is 0.423 e. The molecule has 0 unspecified atom stereocenters. The molecule has 0 N–H and O–H groups in total. The monoisotopic (exact) mass is 267 g/mol. The average Bonchev–Trinajstić information content (AvgIpc) is 2.48. The standard InChI is InChI=1S/C16H15O2Si/c1-17-19(18-2)16-11-12-7-3-4-8-13(12)14-9-5-6-10-15(14)16/h3-11H,1-2H3. The van der Waals surface area contributed by atoms with Crippen LogP contribution in [0.5, 0.6) is 0 Å². The number of rotatable bonds is 3. The van der Waals surface area contributed by atoms with Gasteiger partial charge in [-0.1, -0.05) is 48.5 Å². The Morgan fingerprint density at radius 1 is 0.737 bits per heavy atom. The zero-order chi connectivity index (χ0) is 13.2. The third-order valence-corrected chi connectivity index (χ3v) is 4.95. The highest BCUT2D eigenvalue weighted by molar-refractivity contribution is 6.65. The van der Waals surface area contributed by atoms with Crippen LogP contribution >= 0.6 is 0 Å². The van der Waals surface area contributed by atoms with Gasteiger partial charge in [0.15, 0.2) is 0 Å². The minimum atomic E-state index is -1.42. The van der Waals surface area contributed by atoms with E-state index in [9.17, 15) is 0 Å². The lowest BCUT2D eigenvalue weighted by Gasteiger charge is -2.14. The normalized spacial score (nSPS) is 11.5. The summed E-state index contributed by atoms with van der Waals surface area (Å²) in [6.45, 7) is 0. The zero-order valence-electron chi connectivity index (χ0n) is 11.0. The van der Waals surface area contributed by atoms with Crippen LogP contribution in [0.1, 0.15) is 0 Å². The number of hydrogen-bond donors (Lipinski definition) is 0. The van der Waals surface area contributed by atoms with Gasteiger partial charge in [-0.05, 0) is 27.6 Å². The molecular weight excluding hydrogens is 252 g/mol. The van der Waals surface area contributed by atoms with Crippen molar-refractivity contribution in [1.82, 2.24) is 0 Å². The van der Waals surface area contributed by atoms with Crippen molar-refractivity contribution < 1.29 is 8.85 Å². The lowest BCUT2D eigenvalue weighted by molar-refractivity contribution is 0.292. The van der Waals surface area contributed by atoms with Crippen LogP contribution in [0, 0.1) is 0 Å². The van der Waals surface area contributed by atoms with Gasteiger partial charge in [-0.15, -0.1) is 0 Å². The molecule has 0 aromatic heterocycles. The molecule has 0 aliphatic carbocycles. The smallest absolute Gasteiger partial charge is 0.393 e. The van der Waals surface area contributed by atoms with Gasteiger partial charge in [0, 0.05) is 19.4 Å². The molecule has 0 saturated carbocycles. The van der Waals surface area contributed by atoms with Crippen LogP contribution in [0.4, 0.5) is 0 Å². The first-order valence-electron chi connectivity index (χ1n) is 6.21. The van der Waals surface area contributed by atoms with Crippen LogP contribution in [0.15, 0.2) is 54.6 Å². The van der Waals surface area contributed by atoms with E-state index in [0.717, 1.165) is 0 Å². The second kappa shape index (κ2) is 5.13. The van der Waals surface area contributed by atoms with Crippen molar-refractivity contribution in [3.8, 4) is 0 Å². The van der Waals surface area contributed by atoms with Crippen molar-refractivity contribution in [3.63, 3.8) is 0 Å². The lowest BCUT2D eigenvalue weighted by Crippen LogP contribution is -2.35. The summed E-state index contributed by atoms with van der Waals surface area (Å²) in [7, 11) is 2.00. The molecule has 0 spiro atoms. The van der Waals surface area contributed by atoms with Crippen molar-refractivity contribution in [2.75, 3.05) is 14.2 Å². The molecule has 1 radical (unpaired) electrons. The zero-order valence-corrected chi connectivity index (χ0v) is 12.0. The Morgan fingerprint density at radius 2 is 1.32 bits per heavy atom. The molecular formula is C16H15O2Si. The van der Waals surface area contributed by atoms with E-state index in [0.29, 0.717) is 0 Å². The number of fused-ring (bicyclic) bond motifs is 3. The van der Waals surface area contributed by atoms with E-state index in [1.807, 2.05) is 0 Å². The van der Waals surface area contributed by atoms with Crippen LogP contribution in [-0.2, 0) is 8.85 Å². The summed E-state index contributed by atoms with van der Waals surface area (Å²) < 4.78 is 11.0. The fourth-order valence-corrected chi connectivity index (χ4v) is 3.84. The molecule has 3 heteroatoms. The summed E-state index contributed by atoms with van der Waals surface area (Å²) in [4.78, 5) is 0. The van der Waals surface area contributed by atoms with Gasteiger partial charge in [0.25, 0.3) is 0 Å². The summed E-state index contributed by atoms with van der Waals surface area (Å²) in [6, 6.07) is 19.1. The Bertz CT molecular complexity index is 720. The van der Waals surface area contributed by atoms with Gasteiger partial charge in [-0.25, -0.2) is 0 Å². The highest BCUT2D eigenvalue weighted by Crippen LogP contribution is 2.24. The molecule has 0 bridgehead atoms. The first-order chi connectivity index (χ1) is 9.35. The highest BCUT2D eigenvalue weighted by atomic mass is 28.3. The summed E-state index contributed by atoms with van der Waals surface area (Å²) in [5.74, 6) is 0. The Balaban J connectivity index is 2.42. The van der Waals surface area contributed by atoms with Crippen molar-refractivity contribution in [1.29, 1.82) is 0 Å². The molecule has 3 rings (SSSR count). The van der Waals surface area contributed by atoms with E-state index in [1.54, 1.807) is 14.2 Å². The third kappa shape index (κ3) is 2.06. The first-order valence-corrected chi connectivity index (χ1v) is 7.52. The molecule has 0 heterocycles. The van der Waals surface area contributed by atoms with Gasteiger partial charge in [0.1, 0.15) is 0 Å². The molecule has 0 amide bonds. The Hall–Kier alpha value is -1.68. The quantitative estimate of drug-likeness (QED) is 0.536. The minimum Gasteiger partial charge on any atom is -0.393 e. The fraction of sp³-hybridized carbons (Fsp3) is 0.125. The van der Waals surface area contributed by atoms with E-state index in [4.69, 9.17) is 8.85 Å². The van der Waals surface area contributed by atoms with Crippen LogP contribution in [0.2, 0.25) is 0 Å². The van der Waals surface area contributed by atoms with Crippen LogP contribution in [0.25, 0.3) is 21.5 Å². The predicted octanol–water partition coefficient (Wildman–Crippen LogP) is 2.98. The molecule has 0 fully saturated rings. The van der Waals surface area contributed by atoms with Crippen LogP contribution in [0.3, 0.4) is 0 Å². The van der Waals surface area contributed by atoms with E-state index < -0.39 is 9.28 Å². The van der Waals surface area contributed by atoms with Crippen molar-refractivity contribution >= 4 is 36.0 Å². The molecule has 3 aromatic carbocycles. The molecule has 0 aliphatic rings. The molecule has 2 nitrogen and oxygen atoms in total. The highest BCUT2D eigenvalue weighted by Gasteiger charge is 2.19. The summed E-state index contributed by atoms with van der Waals surface area (Å²) in [5.41, 5.74) is 0. The first kappa shape index (κ1) is 12.4. The van der Waals surface area contributed by atoms with Gasteiger partial charge in [-0.3, -0.25) is 0 Å². The van der Waals surface area contributed by atoms with Gasteiger partial charge >= 0.3 is 9.28 Å². The Morgan fingerprint density at radius 3 is 2.00 bits per heavy atom. The molecule has 0 saturated heterocycles. The molecule has 19 heavy (non-hydrogen) atoms. The van der Waals surface area contributed by atoms with E-state index in [-0.39, 0.29) is 0 Å². The second-order valence-corrected chi connectivity index (χ2v) is 6.32. The van der Waals surface area contributed by atoms with Gasteiger partial charge in [-0.2, -0.15) is 0 Å². The molecule has 3 aromatic rings. The van der Waals surface area contributed by atoms with E-state index in [1.165, 1.54) is 26.7 Å². The number of benzene rings is 3. The Kier molecular flexibility index (Phi) is 3.34. The minimum absolute atomic E-state index is 1.17. The van der Waals surface area contributed by atoms with Crippen molar-refractivity contribution in [2.45, 2.75) is 0 Å². The fourth-order valence-electron chi connectivity index (χ4n) is 2.53. The maximum absolute atomic E-state index is 5.52. The van der Waals surface area contributed by atoms with Crippen LogP contribution in [-0.4, -0.2) is 23.5 Å². The molecule has 0 atom stereocenters. The van der Waals surface area contributed by atoms with Gasteiger partial charge in [0.2, 0.25) is 0 Å². The summed E-state index contributed by atoms with van der Waals surface area (Å²) in [6.07, 6.45) is 0. The van der Waals surface area contributed by atoms with E-state index in [2.05, 4.69) is 54.6 Å². The summed E-state index contributed by atoms with van der Waals surface area (Å²) in [5, 5.41) is 6.15. The van der Waals surface area contributed by atoms with Crippen molar-refractivity contribution in [2.24, 2.45) is 0 Å². The SMILES string of the molecule is CO[Si](OC)c1cc2ccccc2c2ccccc12. The Labute approximate surface area is 114 Å². The van der Waals surface area contributed by atoms with Gasteiger partial charge in [0.05, 0.1) is 0 Å². The second-order valence-electron chi connectivity index (χ2n) is 4.39. The molecule has 95 valence electrons. The molecule has 0 aliphatic heterocycles. The predicted molar refractivity (Wildman–Crippen MR) is 80.9 cm³/mol. The maximum atomic E-state index is 5.52. The average molecular weight is 267 g/mol.